The summed E-state index contributed by atoms with van der Waals surface area (Å²) in [5, 5.41) is 2.93. The Bertz CT molecular complexity index is 659. The van der Waals surface area contributed by atoms with Gasteiger partial charge in [-0.15, -0.1) is 0 Å². The summed E-state index contributed by atoms with van der Waals surface area (Å²) in [4.78, 5) is 14.5. The van der Waals surface area contributed by atoms with Crippen LogP contribution in [0.3, 0.4) is 0 Å². The van der Waals surface area contributed by atoms with Gasteiger partial charge in [-0.2, -0.15) is 0 Å². The van der Waals surface area contributed by atoms with Gasteiger partial charge in [0.15, 0.2) is 11.5 Å². The standard InChI is InChI=1S/C19H24N2O3/c1-21(15-9-5-4-6-10-15)14-8-13-20-19(22)16-11-7-12-17(23-2)18(16)24-3/h4-7,9-12H,8,13-14H2,1-3H3,(H,20,22). The number of carbonyl (C=O) groups excluding carboxylic acids is 1. The van der Waals surface area contributed by atoms with Crippen LogP contribution in [0.5, 0.6) is 11.5 Å². The van der Waals surface area contributed by atoms with Crippen LogP contribution in [-0.4, -0.2) is 40.3 Å². The number of hydrogen-bond acceptors (Lipinski definition) is 4. The lowest BCUT2D eigenvalue weighted by atomic mass is 10.1. The molecule has 0 radical (unpaired) electrons. The third-order valence-electron chi connectivity index (χ3n) is 3.80. The van der Waals surface area contributed by atoms with Crippen molar-refractivity contribution in [1.29, 1.82) is 0 Å². The van der Waals surface area contributed by atoms with E-state index in [9.17, 15) is 4.79 Å². The molecule has 24 heavy (non-hydrogen) atoms. The summed E-state index contributed by atoms with van der Waals surface area (Å²) in [6.07, 6.45) is 0.851. The molecule has 2 aromatic carbocycles. The predicted molar refractivity (Wildman–Crippen MR) is 96.2 cm³/mol. The topological polar surface area (TPSA) is 50.8 Å². The zero-order chi connectivity index (χ0) is 17.4. The van der Waals surface area contributed by atoms with Gasteiger partial charge in [0, 0.05) is 25.8 Å². The highest BCUT2D eigenvalue weighted by atomic mass is 16.5. The maximum absolute atomic E-state index is 12.3. The molecule has 0 atom stereocenters. The molecular weight excluding hydrogens is 304 g/mol. The van der Waals surface area contributed by atoms with Gasteiger partial charge in [0.05, 0.1) is 19.8 Å². The van der Waals surface area contributed by atoms with Crippen molar-refractivity contribution in [3.63, 3.8) is 0 Å². The van der Waals surface area contributed by atoms with Crippen LogP contribution in [0.15, 0.2) is 48.5 Å². The second kappa shape index (κ2) is 8.82. The van der Waals surface area contributed by atoms with Gasteiger partial charge in [0.1, 0.15) is 0 Å². The minimum absolute atomic E-state index is 0.159. The van der Waals surface area contributed by atoms with Crippen molar-refractivity contribution in [2.75, 3.05) is 39.3 Å². The molecule has 2 aromatic rings. The summed E-state index contributed by atoms with van der Waals surface area (Å²) in [5.41, 5.74) is 1.64. The molecule has 1 amide bonds. The SMILES string of the molecule is COc1cccc(C(=O)NCCCN(C)c2ccccc2)c1OC. The number of benzene rings is 2. The Morgan fingerprint density at radius 2 is 1.79 bits per heavy atom. The van der Waals surface area contributed by atoms with Gasteiger partial charge in [0.2, 0.25) is 0 Å². The molecule has 0 saturated heterocycles. The molecule has 0 aromatic heterocycles. The van der Waals surface area contributed by atoms with E-state index < -0.39 is 0 Å². The van der Waals surface area contributed by atoms with E-state index >= 15 is 0 Å². The quantitative estimate of drug-likeness (QED) is 0.757. The molecule has 0 saturated carbocycles. The molecule has 2 rings (SSSR count). The predicted octanol–water partition coefficient (Wildman–Crippen LogP) is 2.96. The third-order valence-corrected chi connectivity index (χ3v) is 3.80. The summed E-state index contributed by atoms with van der Waals surface area (Å²) in [6.45, 7) is 1.45. The first-order valence-corrected chi connectivity index (χ1v) is 7.92. The molecule has 0 heterocycles. The van der Waals surface area contributed by atoms with E-state index in [0.717, 1.165) is 13.0 Å². The molecule has 0 unspecified atom stereocenters. The average Bonchev–Trinajstić information content (AvgIpc) is 2.64. The zero-order valence-electron chi connectivity index (χ0n) is 14.4. The largest absolute Gasteiger partial charge is 0.493 e. The highest BCUT2D eigenvalue weighted by molar-refractivity contribution is 5.97. The first-order valence-electron chi connectivity index (χ1n) is 7.92. The number of rotatable bonds is 8. The maximum atomic E-state index is 12.3. The molecule has 128 valence electrons. The van der Waals surface area contributed by atoms with Gasteiger partial charge in [0.25, 0.3) is 5.91 Å². The Kier molecular flexibility index (Phi) is 6.49. The third kappa shape index (κ3) is 4.41. The van der Waals surface area contributed by atoms with Crippen molar-refractivity contribution in [1.82, 2.24) is 5.32 Å². The van der Waals surface area contributed by atoms with Crippen LogP contribution in [0.25, 0.3) is 0 Å². The molecule has 1 N–H and O–H groups in total. The number of ether oxygens (including phenoxy) is 2. The van der Waals surface area contributed by atoms with E-state index in [4.69, 9.17) is 9.47 Å². The van der Waals surface area contributed by atoms with Crippen molar-refractivity contribution in [2.45, 2.75) is 6.42 Å². The van der Waals surface area contributed by atoms with Crippen molar-refractivity contribution in [2.24, 2.45) is 0 Å². The Hall–Kier alpha value is -2.69. The van der Waals surface area contributed by atoms with Crippen LogP contribution in [0, 0.1) is 0 Å². The maximum Gasteiger partial charge on any atom is 0.255 e. The van der Waals surface area contributed by atoms with E-state index in [1.165, 1.54) is 12.8 Å². The fourth-order valence-electron chi connectivity index (χ4n) is 2.49. The zero-order valence-corrected chi connectivity index (χ0v) is 14.4. The van der Waals surface area contributed by atoms with Crippen LogP contribution < -0.4 is 19.7 Å². The highest BCUT2D eigenvalue weighted by Crippen LogP contribution is 2.30. The molecule has 5 heteroatoms. The van der Waals surface area contributed by atoms with Gasteiger partial charge in [-0.3, -0.25) is 4.79 Å². The van der Waals surface area contributed by atoms with E-state index in [-0.39, 0.29) is 5.91 Å². The summed E-state index contributed by atoms with van der Waals surface area (Å²) in [5.74, 6) is 0.848. The van der Waals surface area contributed by atoms with Crippen molar-refractivity contribution in [3.05, 3.63) is 54.1 Å². The Morgan fingerprint density at radius 1 is 1.04 bits per heavy atom. The first kappa shape index (κ1) is 17.7. The molecule has 0 spiro atoms. The number of para-hydroxylation sites is 2. The smallest absolute Gasteiger partial charge is 0.255 e. The Morgan fingerprint density at radius 3 is 2.46 bits per heavy atom. The van der Waals surface area contributed by atoms with Crippen LogP contribution in [-0.2, 0) is 0 Å². The lowest BCUT2D eigenvalue weighted by Gasteiger charge is -2.19. The number of carbonyl (C=O) groups is 1. The van der Waals surface area contributed by atoms with Gasteiger partial charge in [-0.1, -0.05) is 24.3 Å². The second-order valence-corrected chi connectivity index (χ2v) is 5.41. The number of nitrogens with one attached hydrogen (secondary N) is 1. The lowest BCUT2D eigenvalue weighted by molar-refractivity contribution is 0.0949. The minimum Gasteiger partial charge on any atom is -0.493 e. The molecule has 0 aliphatic rings. The molecular formula is C19H24N2O3. The van der Waals surface area contributed by atoms with E-state index in [2.05, 4.69) is 22.3 Å². The van der Waals surface area contributed by atoms with Gasteiger partial charge < -0.3 is 19.7 Å². The fourth-order valence-corrected chi connectivity index (χ4v) is 2.49. The minimum atomic E-state index is -0.159. The Labute approximate surface area is 143 Å². The van der Waals surface area contributed by atoms with Gasteiger partial charge >= 0.3 is 0 Å². The van der Waals surface area contributed by atoms with E-state index in [1.807, 2.05) is 25.2 Å². The summed E-state index contributed by atoms with van der Waals surface area (Å²) < 4.78 is 10.5. The van der Waals surface area contributed by atoms with E-state index in [0.29, 0.717) is 23.6 Å². The van der Waals surface area contributed by atoms with E-state index in [1.54, 1.807) is 25.3 Å². The summed E-state index contributed by atoms with van der Waals surface area (Å²) >= 11 is 0. The highest BCUT2D eigenvalue weighted by Gasteiger charge is 2.15. The number of methoxy groups -OCH3 is 2. The number of hydrogen-bond donors (Lipinski definition) is 1. The van der Waals surface area contributed by atoms with Crippen LogP contribution >= 0.6 is 0 Å². The fraction of sp³-hybridized carbons (Fsp3) is 0.316. The first-order chi connectivity index (χ1) is 11.7. The number of nitrogens with zero attached hydrogens (tertiary/aromatic N) is 1. The normalized spacial score (nSPS) is 10.1. The second-order valence-electron chi connectivity index (χ2n) is 5.41. The van der Waals surface area contributed by atoms with Crippen LogP contribution in [0.2, 0.25) is 0 Å². The molecule has 0 fully saturated rings. The van der Waals surface area contributed by atoms with Gasteiger partial charge in [-0.25, -0.2) is 0 Å². The molecule has 0 aliphatic carbocycles. The summed E-state index contributed by atoms with van der Waals surface area (Å²) in [7, 11) is 5.13. The monoisotopic (exact) mass is 328 g/mol. The van der Waals surface area contributed by atoms with Gasteiger partial charge in [-0.05, 0) is 30.7 Å². The van der Waals surface area contributed by atoms with Crippen molar-refractivity contribution >= 4 is 11.6 Å². The van der Waals surface area contributed by atoms with Crippen LogP contribution in [0.1, 0.15) is 16.8 Å². The average molecular weight is 328 g/mol. The molecule has 0 bridgehead atoms. The Balaban J connectivity index is 1.86. The number of amides is 1. The van der Waals surface area contributed by atoms with Crippen molar-refractivity contribution < 1.29 is 14.3 Å². The summed E-state index contributed by atoms with van der Waals surface area (Å²) in [6, 6.07) is 15.4. The number of anilines is 1. The van der Waals surface area contributed by atoms with Crippen molar-refractivity contribution in [3.8, 4) is 11.5 Å². The lowest BCUT2D eigenvalue weighted by Crippen LogP contribution is -2.28. The van der Waals surface area contributed by atoms with Crippen LogP contribution in [0.4, 0.5) is 5.69 Å². The molecule has 0 aliphatic heterocycles. The molecule has 5 nitrogen and oxygen atoms in total.